The van der Waals surface area contributed by atoms with E-state index in [9.17, 15) is 0 Å². The van der Waals surface area contributed by atoms with Gasteiger partial charge in [-0.1, -0.05) is 13.3 Å². The first-order valence-electron chi connectivity index (χ1n) is 8.49. The van der Waals surface area contributed by atoms with Gasteiger partial charge < -0.3 is 4.74 Å². The van der Waals surface area contributed by atoms with Crippen LogP contribution in [0.1, 0.15) is 58.8 Å². The molecule has 0 aromatic carbocycles. The number of piperidine rings is 1. The van der Waals surface area contributed by atoms with Crippen molar-refractivity contribution in [2.45, 2.75) is 70.4 Å². The van der Waals surface area contributed by atoms with E-state index in [2.05, 4.69) is 24.2 Å². The zero-order valence-corrected chi connectivity index (χ0v) is 13.4. The second-order valence-corrected chi connectivity index (χ2v) is 6.77. The Morgan fingerprint density at radius 1 is 1.25 bits per heavy atom. The average molecular weight is 283 g/mol. The summed E-state index contributed by atoms with van der Waals surface area (Å²) in [4.78, 5) is 2.68. The molecule has 2 saturated heterocycles. The molecule has 0 radical (unpaired) electrons. The lowest BCUT2D eigenvalue weighted by molar-refractivity contribution is 0.0176. The van der Waals surface area contributed by atoms with Crippen molar-refractivity contribution in [3.8, 4) is 0 Å². The molecule has 0 aromatic heterocycles. The lowest BCUT2D eigenvalue weighted by Crippen LogP contribution is -2.62. The van der Waals surface area contributed by atoms with Crippen LogP contribution in [0.15, 0.2) is 0 Å². The van der Waals surface area contributed by atoms with Crippen molar-refractivity contribution in [1.82, 2.24) is 10.3 Å². The normalized spacial score (nSPS) is 27.1. The fourth-order valence-electron chi connectivity index (χ4n) is 3.91. The number of rotatable bonds is 6. The molecule has 20 heavy (non-hydrogen) atoms. The fraction of sp³-hybridized carbons (Fsp3) is 1.00. The molecule has 0 spiro atoms. The van der Waals surface area contributed by atoms with E-state index in [1.54, 1.807) is 0 Å². The van der Waals surface area contributed by atoms with Crippen molar-refractivity contribution < 1.29 is 4.74 Å². The molecule has 118 valence electrons. The zero-order chi connectivity index (χ0) is 14.4. The summed E-state index contributed by atoms with van der Waals surface area (Å²) in [5.74, 6) is 6.71. The maximum Gasteiger partial charge on any atom is 0.0468 e. The van der Waals surface area contributed by atoms with E-state index in [0.29, 0.717) is 6.04 Å². The summed E-state index contributed by atoms with van der Waals surface area (Å²) in [6.45, 7) is 9.03. The molecule has 2 aliphatic rings. The Bertz CT molecular complexity index is 275. The van der Waals surface area contributed by atoms with Crippen LogP contribution in [-0.2, 0) is 4.74 Å². The Balaban J connectivity index is 2.00. The highest BCUT2D eigenvalue weighted by atomic mass is 16.5. The number of hydrogen-bond acceptors (Lipinski definition) is 4. The largest absolute Gasteiger partial charge is 0.381 e. The summed E-state index contributed by atoms with van der Waals surface area (Å²) in [5.41, 5.74) is 3.34. The van der Waals surface area contributed by atoms with Crippen molar-refractivity contribution in [3.05, 3.63) is 0 Å². The summed E-state index contributed by atoms with van der Waals surface area (Å²) in [6.07, 6.45) is 8.78. The van der Waals surface area contributed by atoms with Crippen LogP contribution in [0.25, 0.3) is 0 Å². The number of nitrogens with zero attached hydrogens (tertiary/aromatic N) is 1. The van der Waals surface area contributed by atoms with E-state index in [4.69, 9.17) is 10.6 Å². The third-order valence-electron chi connectivity index (χ3n) is 5.66. The standard InChI is InChI=1S/C16H33N3O/c1-3-16(2,19-9-5-4-6-10-19)15(18-17)13-14-7-11-20-12-8-14/h14-15,18H,3-13,17H2,1-2H3. The van der Waals surface area contributed by atoms with Gasteiger partial charge in [0.25, 0.3) is 0 Å². The molecule has 0 aromatic rings. The van der Waals surface area contributed by atoms with Gasteiger partial charge in [-0.2, -0.15) is 0 Å². The van der Waals surface area contributed by atoms with Crippen molar-refractivity contribution in [1.29, 1.82) is 0 Å². The fourth-order valence-corrected chi connectivity index (χ4v) is 3.91. The van der Waals surface area contributed by atoms with Crippen LogP contribution in [0, 0.1) is 5.92 Å². The van der Waals surface area contributed by atoms with Crippen LogP contribution < -0.4 is 11.3 Å². The molecule has 2 unspecified atom stereocenters. The first-order valence-corrected chi connectivity index (χ1v) is 8.49. The summed E-state index contributed by atoms with van der Waals surface area (Å²) in [6, 6.07) is 0.383. The summed E-state index contributed by atoms with van der Waals surface area (Å²) in [5, 5.41) is 0. The highest BCUT2D eigenvalue weighted by molar-refractivity contribution is 4.97. The predicted molar refractivity (Wildman–Crippen MR) is 83.4 cm³/mol. The predicted octanol–water partition coefficient (Wildman–Crippen LogP) is 2.29. The number of nitrogens with one attached hydrogen (secondary N) is 1. The van der Waals surface area contributed by atoms with E-state index < -0.39 is 0 Å². The van der Waals surface area contributed by atoms with E-state index in [1.807, 2.05) is 0 Å². The molecule has 0 saturated carbocycles. The van der Waals surface area contributed by atoms with Crippen LogP contribution >= 0.6 is 0 Å². The number of ether oxygens (including phenoxy) is 1. The van der Waals surface area contributed by atoms with Crippen LogP contribution in [0.4, 0.5) is 0 Å². The van der Waals surface area contributed by atoms with Gasteiger partial charge in [-0.15, -0.1) is 0 Å². The van der Waals surface area contributed by atoms with Crippen molar-refractivity contribution >= 4 is 0 Å². The second kappa shape index (κ2) is 7.74. The molecular weight excluding hydrogens is 250 g/mol. The van der Waals surface area contributed by atoms with Gasteiger partial charge in [-0.3, -0.25) is 16.2 Å². The molecular formula is C16H33N3O. The van der Waals surface area contributed by atoms with Gasteiger partial charge in [0.15, 0.2) is 0 Å². The van der Waals surface area contributed by atoms with E-state index >= 15 is 0 Å². The van der Waals surface area contributed by atoms with Crippen LogP contribution in [-0.4, -0.2) is 42.8 Å². The SMILES string of the molecule is CCC(C)(C(CC1CCOCC1)NN)N1CCCCC1. The molecule has 3 N–H and O–H groups in total. The minimum Gasteiger partial charge on any atom is -0.381 e. The molecule has 0 amide bonds. The number of hydrazine groups is 1. The Hall–Kier alpha value is -0.160. The van der Waals surface area contributed by atoms with Crippen LogP contribution in [0.5, 0.6) is 0 Å². The Morgan fingerprint density at radius 2 is 1.90 bits per heavy atom. The average Bonchev–Trinajstić information content (AvgIpc) is 2.53. The molecule has 4 heteroatoms. The number of hydrogen-bond donors (Lipinski definition) is 2. The first kappa shape index (κ1) is 16.2. The molecule has 2 fully saturated rings. The highest BCUT2D eigenvalue weighted by Gasteiger charge is 2.39. The van der Waals surface area contributed by atoms with Crippen molar-refractivity contribution in [2.24, 2.45) is 11.8 Å². The topological polar surface area (TPSA) is 50.5 Å². The summed E-state index contributed by atoms with van der Waals surface area (Å²) < 4.78 is 5.48. The zero-order valence-electron chi connectivity index (χ0n) is 13.4. The summed E-state index contributed by atoms with van der Waals surface area (Å²) >= 11 is 0. The maximum absolute atomic E-state index is 5.95. The molecule has 2 aliphatic heterocycles. The Morgan fingerprint density at radius 3 is 2.45 bits per heavy atom. The van der Waals surface area contributed by atoms with Crippen molar-refractivity contribution in [2.75, 3.05) is 26.3 Å². The molecule has 2 heterocycles. The lowest BCUT2D eigenvalue weighted by atomic mass is 9.79. The van der Waals surface area contributed by atoms with E-state index in [1.165, 1.54) is 51.6 Å². The second-order valence-electron chi connectivity index (χ2n) is 6.77. The Kier molecular flexibility index (Phi) is 6.27. The maximum atomic E-state index is 5.95. The third-order valence-corrected chi connectivity index (χ3v) is 5.66. The van der Waals surface area contributed by atoms with Crippen LogP contribution in [0.2, 0.25) is 0 Å². The van der Waals surface area contributed by atoms with Crippen LogP contribution in [0.3, 0.4) is 0 Å². The molecule has 2 atom stereocenters. The monoisotopic (exact) mass is 283 g/mol. The minimum absolute atomic E-state index is 0.188. The molecule has 0 aliphatic carbocycles. The van der Waals surface area contributed by atoms with E-state index in [-0.39, 0.29) is 5.54 Å². The minimum atomic E-state index is 0.188. The van der Waals surface area contributed by atoms with Gasteiger partial charge in [0, 0.05) is 24.8 Å². The number of nitrogens with two attached hydrogens (primary N) is 1. The summed E-state index contributed by atoms with van der Waals surface area (Å²) in [7, 11) is 0. The van der Waals surface area contributed by atoms with Gasteiger partial charge in [-0.05, 0) is 64.5 Å². The van der Waals surface area contributed by atoms with Gasteiger partial charge in [0.1, 0.15) is 0 Å². The molecule has 2 rings (SSSR count). The van der Waals surface area contributed by atoms with Gasteiger partial charge in [-0.25, -0.2) is 0 Å². The van der Waals surface area contributed by atoms with Gasteiger partial charge in [0.2, 0.25) is 0 Å². The lowest BCUT2D eigenvalue weighted by Gasteiger charge is -2.48. The number of likely N-dealkylation sites (tertiary alicyclic amines) is 1. The van der Waals surface area contributed by atoms with Gasteiger partial charge >= 0.3 is 0 Å². The smallest absolute Gasteiger partial charge is 0.0468 e. The highest BCUT2D eigenvalue weighted by Crippen LogP contribution is 2.32. The van der Waals surface area contributed by atoms with Gasteiger partial charge in [0.05, 0.1) is 0 Å². The molecule has 4 nitrogen and oxygen atoms in total. The van der Waals surface area contributed by atoms with E-state index in [0.717, 1.165) is 25.6 Å². The Labute approximate surface area is 124 Å². The van der Waals surface area contributed by atoms with Crippen molar-refractivity contribution in [3.63, 3.8) is 0 Å². The quantitative estimate of drug-likeness (QED) is 0.580. The first-order chi connectivity index (χ1) is 9.70. The third kappa shape index (κ3) is 3.73. The molecule has 0 bridgehead atoms.